The number of aryl methyl sites for hydroxylation is 3. The normalized spacial score (nSPS) is 11.2. The Kier molecular flexibility index (Phi) is 7.45. The van der Waals surface area contributed by atoms with Crippen molar-refractivity contribution < 1.29 is 31.5 Å². The fourth-order valence-electron chi connectivity index (χ4n) is 3.83. The lowest BCUT2D eigenvalue weighted by Crippen LogP contribution is -2.16. The van der Waals surface area contributed by atoms with Crippen LogP contribution in [0.4, 0.5) is 27.6 Å². The summed E-state index contributed by atoms with van der Waals surface area (Å²) in [6.07, 6.45) is 1.54. The summed E-state index contributed by atoms with van der Waals surface area (Å²) in [5.41, 5.74) is 1.41. The highest BCUT2D eigenvalue weighted by Crippen LogP contribution is 2.27. The number of halogens is 6. The molecule has 0 bridgehead atoms. The van der Waals surface area contributed by atoms with Gasteiger partial charge in [0.05, 0.1) is 29.2 Å². The van der Waals surface area contributed by atoms with Crippen LogP contribution in [0.5, 0.6) is 5.75 Å². The van der Waals surface area contributed by atoms with E-state index in [2.05, 4.69) is 15.5 Å². The zero-order valence-electron chi connectivity index (χ0n) is 20.6. The van der Waals surface area contributed by atoms with Gasteiger partial charge in [-0.3, -0.25) is 9.48 Å². The number of carbonyl (C=O) groups is 1. The fourth-order valence-corrected chi connectivity index (χ4v) is 3.94. The molecule has 0 fully saturated rings. The monoisotopic (exact) mass is 553 g/mol. The van der Waals surface area contributed by atoms with Gasteiger partial charge in [0.15, 0.2) is 35.7 Å². The summed E-state index contributed by atoms with van der Waals surface area (Å²) in [6.45, 7) is 5.97. The van der Waals surface area contributed by atoms with Crippen molar-refractivity contribution in [3.05, 3.63) is 92.3 Å². The molecule has 7 nitrogen and oxygen atoms in total. The molecule has 0 aliphatic heterocycles. The largest absolute Gasteiger partial charge is 0.471 e. The number of nitrogens with one attached hydrogen (secondary N) is 1. The molecular formula is C25H21ClF5N5O2. The summed E-state index contributed by atoms with van der Waals surface area (Å²) in [6, 6.07) is 5.02. The van der Waals surface area contributed by atoms with E-state index in [-0.39, 0.29) is 29.5 Å². The number of rotatable bonds is 7. The van der Waals surface area contributed by atoms with Crippen LogP contribution in [0.1, 0.15) is 38.6 Å². The van der Waals surface area contributed by atoms with Crippen molar-refractivity contribution in [2.45, 2.75) is 41.0 Å². The second kappa shape index (κ2) is 10.4. The number of carbonyl (C=O) groups excluding carboxylic acids is 1. The topological polar surface area (TPSA) is 74.0 Å². The van der Waals surface area contributed by atoms with Gasteiger partial charge >= 0.3 is 0 Å². The van der Waals surface area contributed by atoms with Crippen molar-refractivity contribution in [2.75, 3.05) is 5.32 Å². The summed E-state index contributed by atoms with van der Waals surface area (Å²) in [5, 5.41) is 11.5. The molecular weight excluding hydrogens is 533 g/mol. The van der Waals surface area contributed by atoms with Crippen LogP contribution in [0.25, 0.3) is 0 Å². The predicted octanol–water partition coefficient (Wildman–Crippen LogP) is 6.00. The van der Waals surface area contributed by atoms with Gasteiger partial charge < -0.3 is 10.1 Å². The molecule has 1 amide bonds. The molecule has 2 aromatic carbocycles. The number of amides is 1. The van der Waals surface area contributed by atoms with Gasteiger partial charge in [-0.15, -0.1) is 0 Å². The molecule has 4 aromatic rings. The highest BCUT2D eigenvalue weighted by Gasteiger charge is 2.27. The molecule has 4 rings (SSSR count). The Balaban J connectivity index is 1.48. The molecule has 0 atom stereocenters. The van der Waals surface area contributed by atoms with Crippen LogP contribution < -0.4 is 10.1 Å². The molecule has 0 radical (unpaired) electrons. The number of benzene rings is 2. The summed E-state index contributed by atoms with van der Waals surface area (Å²) in [4.78, 5) is 12.8. The second-order valence-corrected chi connectivity index (χ2v) is 8.97. The first-order valence-corrected chi connectivity index (χ1v) is 11.6. The minimum Gasteiger partial charge on any atom is -0.471 e. The Morgan fingerprint density at radius 3 is 2.13 bits per heavy atom. The molecule has 2 heterocycles. The van der Waals surface area contributed by atoms with Crippen molar-refractivity contribution >= 4 is 23.2 Å². The van der Waals surface area contributed by atoms with Crippen LogP contribution in [-0.4, -0.2) is 25.5 Å². The second-order valence-electron chi connectivity index (χ2n) is 8.59. The Bertz CT molecular complexity index is 1510. The van der Waals surface area contributed by atoms with E-state index in [4.69, 9.17) is 16.3 Å². The Labute approximate surface area is 218 Å². The maximum atomic E-state index is 14.1. The van der Waals surface area contributed by atoms with E-state index in [9.17, 15) is 26.7 Å². The Morgan fingerprint density at radius 1 is 0.947 bits per heavy atom. The van der Waals surface area contributed by atoms with E-state index in [1.54, 1.807) is 12.1 Å². The summed E-state index contributed by atoms with van der Waals surface area (Å²) in [5.74, 6) is -10.3. The quantitative estimate of drug-likeness (QED) is 0.173. The van der Waals surface area contributed by atoms with E-state index >= 15 is 0 Å². The van der Waals surface area contributed by atoms with Gasteiger partial charge in [-0.2, -0.15) is 10.2 Å². The average Bonchev–Trinajstić information content (AvgIpc) is 3.46. The summed E-state index contributed by atoms with van der Waals surface area (Å²) in [7, 11) is 0. The first-order valence-electron chi connectivity index (χ1n) is 11.2. The van der Waals surface area contributed by atoms with Crippen LogP contribution in [0.15, 0.2) is 24.4 Å². The van der Waals surface area contributed by atoms with Gasteiger partial charge in [-0.05, 0) is 57.0 Å². The average molecular weight is 554 g/mol. The maximum Gasteiger partial charge on any atom is 0.276 e. The molecule has 0 aliphatic carbocycles. The lowest BCUT2D eigenvalue weighted by Gasteiger charge is -2.10. The lowest BCUT2D eigenvalue weighted by atomic mass is 10.1. The number of hydrogen-bond acceptors (Lipinski definition) is 4. The minimum absolute atomic E-state index is 0.0195. The number of hydrogen-bond donors (Lipinski definition) is 1. The third-order valence-electron chi connectivity index (χ3n) is 5.88. The van der Waals surface area contributed by atoms with E-state index < -0.39 is 47.1 Å². The van der Waals surface area contributed by atoms with Crippen molar-refractivity contribution in [3.8, 4) is 5.75 Å². The lowest BCUT2D eigenvalue weighted by molar-refractivity contribution is 0.102. The standard InChI is InChI=1S/C25H21ClF5N5O2/c1-11-7-15(8-12(2)18(11)26)38-10-35-6-5-17(34-35)25(37)32-24-13(3)33-36(14(24)4)9-16-19(27)21(29)23(31)22(30)20(16)28/h5-8H,9-10H2,1-4H3,(H,32,37). The van der Waals surface area contributed by atoms with Gasteiger partial charge in [0.25, 0.3) is 5.91 Å². The Hall–Kier alpha value is -3.93. The van der Waals surface area contributed by atoms with E-state index in [0.29, 0.717) is 10.8 Å². The number of anilines is 1. The van der Waals surface area contributed by atoms with Crippen LogP contribution >= 0.6 is 11.6 Å². The van der Waals surface area contributed by atoms with Crippen LogP contribution in [0, 0.1) is 56.8 Å². The molecule has 0 spiro atoms. The summed E-state index contributed by atoms with van der Waals surface area (Å²) >= 11 is 6.17. The third kappa shape index (κ3) is 5.08. The molecule has 0 saturated heterocycles. The van der Waals surface area contributed by atoms with Crippen molar-refractivity contribution in [1.82, 2.24) is 19.6 Å². The summed E-state index contributed by atoms with van der Waals surface area (Å²) < 4.78 is 76.9. The number of aromatic nitrogens is 4. The fraction of sp³-hybridized carbons (Fsp3) is 0.240. The molecule has 0 aliphatic rings. The van der Waals surface area contributed by atoms with Crippen molar-refractivity contribution in [3.63, 3.8) is 0 Å². The van der Waals surface area contributed by atoms with Gasteiger partial charge in [0.2, 0.25) is 5.82 Å². The highest BCUT2D eigenvalue weighted by molar-refractivity contribution is 6.32. The number of nitrogens with zero attached hydrogens (tertiary/aromatic N) is 4. The highest BCUT2D eigenvalue weighted by atomic mass is 35.5. The zero-order chi connectivity index (χ0) is 27.9. The first-order chi connectivity index (χ1) is 17.9. The molecule has 38 heavy (non-hydrogen) atoms. The predicted molar refractivity (Wildman–Crippen MR) is 129 cm³/mol. The molecule has 0 unspecified atom stereocenters. The maximum absolute atomic E-state index is 14.1. The third-order valence-corrected chi connectivity index (χ3v) is 6.47. The van der Waals surface area contributed by atoms with Crippen LogP contribution in [-0.2, 0) is 13.3 Å². The number of ether oxygens (including phenoxy) is 1. The van der Waals surface area contributed by atoms with Gasteiger partial charge in [0, 0.05) is 11.2 Å². The molecule has 1 N–H and O–H groups in total. The van der Waals surface area contributed by atoms with Crippen LogP contribution in [0.3, 0.4) is 0 Å². The van der Waals surface area contributed by atoms with E-state index in [1.165, 1.54) is 30.8 Å². The molecule has 200 valence electrons. The SMILES string of the molecule is Cc1cc(OCn2ccc(C(=O)Nc3c(C)nn(Cc4c(F)c(F)c(F)c(F)c4F)c3C)n2)cc(C)c1Cl. The first kappa shape index (κ1) is 27.1. The van der Waals surface area contributed by atoms with Crippen molar-refractivity contribution in [1.29, 1.82) is 0 Å². The molecule has 13 heteroatoms. The van der Waals surface area contributed by atoms with E-state index in [1.807, 2.05) is 13.8 Å². The molecule has 0 saturated carbocycles. The van der Waals surface area contributed by atoms with Gasteiger partial charge in [-0.25, -0.2) is 26.6 Å². The minimum atomic E-state index is -2.24. The van der Waals surface area contributed by atoms with Gasteiger partial charge in [-0.1, -0.05) is 11.6 Å². The zero-order valence-corrected chi connectivity index (χ0v) is 21.4. The van der Waals surface area contributed by atoms with Gasteiger partial charge in [0.1, 0.15) is 5.75 Å². The smallest absolute Gasteiger partial charge is 0.276 e. The van der Waals surface area contributed by atoms with E-state index in [0.717, 1.165) is 15.8 Å². The Morgan fingerprint density at radius 2 is 1.53 bits per heavy atom. The molecule has 2 aromatic heterocycles. The van der Waals surface area contributed by atoms with Crippen molar-refractivity contribution in [2.24, 2.45) is 0 Å². The van der Waals surface area contributed by atoms with Crippen LogP contribution in [0.2, 0.25) is 5.02 Å².